The van der Waals surface area contributed by atoms with E-state index in [1.54, 1.807) is 24.3 Å². The number of phenols is 1. The minimum absolute atomic E-state index is 0.218. The van der Waals surface area contributed by atoms with Gasteiger partial charge in [0.15, 0.2) is 0 Å². The molecule has 20 heavy (non-hydrogen) atoms. The summed E-state index contributed by atoms with van der Waals surface area (Å²) in [4.78, 5) is 4.31. The minimum atomic E-state index is 0.218. The van der Waals surface area contributed by atoms with Gasteiger partial charge >= 0.3 is 0 Å². The fraction of sp³-hybridized carbons (Fsp3) is 0.0667. The molecule has 100 valence electrons. The second kappa shape index (κ2) is 5.35. The summed E-state index contributed by atoms with van der Waals surface area (Å²) >= 11 is 5.93. The van der Waals surface area contributed by atoms with Gasteiger partial charge in [-0.2, -0.15) is 4.98 Å². The zero-order valence-electron chi connectivity index (χ0n) is 10.5. The van der Waals surface area contributed by atoms with Gasteiger partial charge in [0.2, 0.25) is 11.7 Å². The molecule has 0 radical (unpaired) electrons. The van der Waals surface area contributed by atoms with Crippen molar-refractivity contribution in [2.24, 2.45) is 0 Å². The molecule has 0 aliphatic carbocycles. The van der Waals surface area contributed by atoms with Gasteiger partial charge in [0.05, 0.1) is 6.42 Å². The Labute approximate surface area is 120 Å². The molecular formula is C15H11ClN2O2. The quantitative estimate of drug-likeness (QED) is 0.798. The number of phenolic OH excluding ortho intramolecular Hbond substituents is 1. The molecular weight excluding hydrogens is 276 g/mol. The van der Waals surface area contributed by atoms with Crippen molar-refractivity contribution in [1.82, 2.24) is 10.1 Å². The van der Waals surface area contributed by atoms with Crippen LogP contribution in [0.1, 0.15) is 11.5 Å². The van der Waals surface area contributed by atoms with E-state index >= 15 is 0 Å². The van der Waals surface area contributed by atoms with Crippen molar-refractivity contribution in [2.75, 3.05) is 0 Å². The van der Waals surface area contributed by atoms with E-state index in [1.807, 2.05) is 24.3 Å². The Morgan fingerprint density at radius 3 is 2.75 bits per heavy atom. The van der Waals surface area contributed by atoms with Crippen LogP contribution in [0.15, 0.2) is 53.1 Å². The fourth-order valence-corrected chi connectivity index (χ4v) is 2.09. The van der Waals surface area contributed by atoms with Crippen molar-refractivity contribution in [3.05, 3.63) is 65.0 Å². The summed E-state index contributed by atoms with van der Waals surface area (Å²) in [5, 5.41) is 14.3. The summed E-state index contributed by atoms with van der Waals surface area (Å²) in [6.07, 6.45) is 0.389. The molecule has 0 amide bonds. The first-order valence-electron chi connectivity index (χ1n) is 6.08. The summed E-state index contributed by atoms with van der Waals surface area (Å²) in [6, 6.07) is 14.3. The van der Waals surface area contributed by atoms with Crippen LogP contribution in [0.2, 0.25) is 5.02 Å². The number of hydrogen-bond acceptors (Lipinski definition) is 4. The predicted molar refractivity (Wildman–Crippen MR) is 75.7 cm³/mol. The summed E-state index contributed by atoms with van der Waals surface area (Å²) in [5.74, 6) is 1.15. The van der Waals surface area contributed by atoms with Crippen LogP contribution in [0.5, 0.6) is 5.75 Å². The second-order valence-corrected chi connectivity index (χ2v) is 4.76. The Morgan fingerprint density at radius 2 is 1.95 bits per heavy atom. The number of aromatic nitrogens is 2. The van der Waals surface area contributed by atoms with Crippen molar-refractivity contribution in [2.45, 2.75) is 6.42 Å². The van der Waals surface area contributed by atoms with Crippen molar-refractivity contribution in [1.29, 1.82) is 0 Å². The van der Waals surface area contributed by atoms with E-state index < -0.39 is 0 Å². The maximum Gasteiger partial charge on any atom is 0.231 e. The molecule has 5 heteroatoms. The summed E-state index contributed by atoms with van der Waals surface area (Å²) in [5.41, 5.74) is 1.54. The monoisotopic (exact) mass is 286 g/mol. The molecule has 1 heterocycles. The molecule has 2 aromatic carbocycles. The SMILES string of the molecule is Oc1ccccc1Cc1nc(-c2cccc(Cl)c2)no1. The largest absolute Gasteiger partial charge is 0.508 e. The molecule has 0 bridgehead atoms. The number of hydrogen-bond donors (Lipinski definition) is 1. The van der Waals surface area contributed by atoms with Crippen LogP contribution >= 0.6 is 11.6 Å². The molecule has 3 rings (SSSR count). The molecule has 0 atom stereocenters. The molecule has 0 saturated heterocycles. The van der Waals surface area contributed by atoms with Gasteiger partial charge in [-0.1, -0.05) is 47.1 Å². The molecule has 3 aromatic rings. The highest BCUT2D eigenvalue weighted by molar-refractivity contribution is 6.30. The first kappa shape index (κ1) is 12.7. The molecule has 0 fully saturated rings. The van der Waals surface area contributed by atoms with Crippen molar-refractivity contribution in [3.8, 4) is 17.1 Å². The third kappa shape index (κ3) is 2.65. The number of rotatable bonds is 3. The van der Waals surface area contributed by atoms with Gasteiger partial charge in [-0.25, -0.2) is 0 Å². The predicted octanol–water partition coefficient (Wildman–Crippen LogP) is 3.69. The number of nitrogens with zero attached hydrogens (tertiary/aromatic N) is 2. The lowest BCUT2D eigenvalue weighted by molar-refractivity contribution is 0.383. The lowest BCUT2D eigenvalue weighted by Gasteiger charge is -1.99. The molecule has 0 spiro atoms. The smallest absolute Gasteiger partial charge is 0.231 e. The molecule has 1 aromatic heterocycles. The average molecular weight is 287 g/mol. The average Bonchev–Trinajstić information content (AvgIpc) is 2.90. The highest BCUT2D eigenvalue weighted by Gasteiger charge is 2.11. The lowest BCUT2D eigenvalue weighted by Crippen LogP contribution is -1.89. The molecule has 0 aliphatic rings. The molecule has 1 N–H and O–H groups in total. The van der Waals surface area contributed by atoms with Crippen LogP contribution in [0.3, 0.4) is 0 Å². The van der Waals surface area contributed by atoms with E-state index in [1.165, 1.54) is 0 Å². The Balaban J connectivity index is 1.86. The van der Waals surface area contributed by atoms with Crippen molar-refractivity contribution >= 4 is 11.6 Å². The van der Waals surface area contributed by atoms with Crippen LogP contribution in [0.4, 0.5) is 0 Å². The Bertz CT molecular complexity index is 740. The Kier molecular flexibility index (Phi) is 3.39. The van der Waals surface area contributed by atoms with Gasteiger partial charge in [0, 0.05) is 16.1 Å². The van der Waals surface area contributed by atoms with Gasteiger partial charge < -0.3 is 9.63 Å². The fourth-order valence-electron chi connectivity index (χ4n) is 1.89. The number of benzene rings is 2. The highest BCUT2D eigenvalue weighted by Crippen LogP contribution is 2.22. The van der Waals surface area contributed by atoms with E-state index in [4.69, 9.17) is 16.1 Å². The van der Waals surface area contributed by atoms with Crippen LogP contribution in [0, 0.1) is 0 Å². The van der Waals surface area contributed by atoms with Gasteiger partial charge in [-0.15, -0.1) is 0 Å². The van der Waals surface area contributed by atoms with Crippen LogP contribution < -0.4 is 0 Å². The molecule has 0 saturated carbocycles. The summed E-state index contributed by atoms with van der Waals surface area (Å²) < 4.78 is 5.20. The van der Waals surface area contributed by atoms with E-state index in [-0.39, 0.29) is 5.75 Å². The first-order valence-corrected chi connectivity index (χ1v) is 6.45. The molecule has 0 aliphatic heterocycles. The third-order valence-corrected chi connectivity index (χ3v) is 3.12. The number of halogens is 1. The zero-order chi connectivity index (χ0) is 13.9. The van der Waals surface area contributed by atoms with Crippen LogP contribution in [-0.2, 0) is 6.42 Å². The molecule has 4 nitrogen and oxygen atoms in total. The molecule has 0 unspecified atom stereocenters. The standard InChI is InChI=1S/C15H11ClN2O2/c16-12-6-3-5-11(8-12)15-17-14(20-18-15)9-10-4-1-2-7-13(10)19/h1-8,19H,9H2. The van der Waals surface area contributed by atoms with E-state index in [0.717, 1.165) is 11.1 Å². The number of aromatic hydroxyl groups is 1. The second-order valence-electron chi connectivity index (χ2n) is 4.33. The summed E-state index contributed by atoms with van der Waals surface area (Å²) in [7, 11) is 0. The normalized spacial score (nSPS) is 10.7. The van der Waals surface area contributed by atoms with Crippen molar-refractivity contribution in [3.63, 3.8) is 0 Å². The first-order chi connectivity index (χ1) is 9.72. The zero-order valence-corrected chi connectivity index (χ0v) is 11.2. The minimum Gasteiger partial charge on any atom is -0.508 e. The van der Waals surface area contributed by atoms with E-state index in [0.29, 0.717) is 23.2 Å². The van der Waals surface area contributed by atoms with Crippen molar-refractivity contribution < 1.29 is 9.63 Å². The highest BCUT2D eigenvalue weighted by atomic mass is 35.5. The third-order valence-electron chi connectivity index (χ3n) is 2.88. The number of para-hydroxylation sites is 1. The van der Waals surface area contributed by atoms with E-state index in [2.05, 4.69) is 10.1 Å². The maximum absolute atomic E-state index is 9.72. The Hall–Kier alpha value is -2.33. The van der Waals surface area contributed by atoms with E-state index in [9.17, 15) is 5.11 Å². The maximum atomic E-state index is 9.72. The van der Waals surface area contributed by atoms with Crippen LogP contribution in [-0.4, -0.2) is 15.2 Å². The van der Waals surface area contributed by atoms with Gasteiger partial charge in [0.25, 0.3) is 0 Å². The summed E-state index contributed by atoms with van der Waals surface area (Å²) in [6.45, 7) is 0. The van der Waals surface area contributed by atoms with Gasteiger partial charge in [-0.3, -0.25) is 0 Å². The van der Waals surface area contributed by atoms with Gasteiger partial charge in [0.1, 0.15) is 5.75 Å². The Morgan fingerprint density at radius 1 is 1.10 bits per heavy atom. The van der Waals surface area contributed by atoms with Gasteiger partial charge in [-0.05, 0) is 18.2 Å². The lowest BCUT2D eigenvalue weighted by atomic mass is 10.1. The topological polar surface area (TPSA) is 59.2 Å². The van der Waals surface area contributed by atoms with Crippen LogP contribution in [0.25, 0.3) is 11.4 Å².